The van der Waals surface area contributed by atoms with Crippen LogP contribution in [0.4, 0.5) is 5.69 Å². The summed E-state index contributed by atoms with van der Waals surface area (Å²) in [6.07, 6.45) is 0. The minimum Gasteiger partial charge on any atom is -0.496 e. The van der Waals surface area contributed by atoms with Crippen LogP contribution in [0.25, 0.3) is 0 Å². The third-order valence-electron chi connectivity index (χ3n) is 2.91. The molecule has 0 saturated heterocycles. The van der Waals surface area contributed by atoms with E-state index in [0.717, 1.165) is 49.8 Å². The van der Waals surface area contributed by atoms with Gasteiger partial charge in [-0.1, -0.05) is 13.0 Å². The number of ether oxygens (including phenoxy) is 2. The van der Waals surface area contributed by atoms with Crippen LogP contribution in [-0.4, -0.2) is 38.3 Å². The van der Waals surface area contributed by atoms with E-state index in [2.05, 4.69) is 11.8 Å². The molecule has 0 heterocycles. The van der Waals surface area contributed by atoms with E-state index in [1.165, 1.54) is 0 Å². The lowest BCUT2D eigenvalue weighted by molar-refractivity contribution is 0.112. The molecule has 1 rings (SSSR count). The van der Waals surface area contributed by atoms with Gasteiger partial charge in [0, 0.05) is 37.0 Å². The van der Waals surface area contributed by atoms with Gasteiger partial charge in [-0.2, -0.15) is 0 Å². The minimum atomic E-state index is 0.730. The van der Waals surface area contributed by atoms with Crippen molar-refractivity contribution in [2.24, 2.45) is 0 Å². The number of hydrogen-bond donors (Lipinski definition) is 1. The van der Waals surface area contributed by atoms with Gasteiger partial charge in [0.2, 0.25) is 0 Å². The van der Waals surface area contributed by atoms with Crippen LogP contribution in [0, 0.1) is 0 Å². The van der Waals surface area contributed by atoms with Crippen LogP contribution >= 0.6 is 0 Å². The maximum atomic E-state index is 5.75. The number of anilines is 1. The first-order chi connectivity index (χ1) is 8.71. The largest absolute Gasteiger partial charge is 0.496 e. The molecule has 0 aliphatic heterocycles. The van der Waals surface area contributed by atoms with Crippen LogP contribution in [0.5, 0.6) is 5.75 Å². The number of methoxy groups -OCH3 is 1. The Kier molecular flexibility index (Phi) is 6.54. The number of rotatable bonds is 8. The van der Waals surface area contributed by atoms with E-state index in [4.69, 9.17) is 15.2 Å². The number of nitrogen functional groups attached to an aromatic ring is 1. The highest BCUT2D eigenvalue weighted by atomic mass is 16.5. The Morgan fingerprint density at radius 3 is 2.67 bits per heavy atom. The Hall–Kier alpha value is -1.26. The Morgan fingerprint density at radius 2 is 2.06 bits per heavy atom. The van der Waals surface area contributed by atoms with E-state index in [0.29, 0.717) is 0 Å². The molecule has 1 aromatic rings. The summed E-state index contributed by atoms with van der Waals surface area (Å²) in [5.41, 5.74) is 7.64. The number of nitrogens with zero attached hydrogens (tertiary/aromatic N) is 1. The molecular formula is C14H24N2O2. The SMILES string of the molecule is CCOCCN(CC)Cc1ccc(N)cc1OC. The van der Waals surface area contributed by atoms with Gasteiger partial charge in [-0.15, -0.1) is 0 Å². The normalized spacial score (nSPS) is 10.9. The molecule has 0 aromatic heterocycles. The fourth-order valence-electron chi connectivity index (χ4n) is 1.82. The van der Waals surface area contributed by atoms with Crippen molar-refractivity contribution in [1.29, 1.82) is 0 Å². The summed E-state index contributed by atoms with van der Waals surface area (Å²) in [6, 6.07) is 5.80. The monoisotopic (exact) mass is 252 g/mol. The molecule has 102 valence electrons. The van der Waals surface area contributed by atoms with E-state index in [-0.39, 0.29) is 0 Å². The van der Waals surface area contributed by atoms with E-state index in [1.54, 1.807) is 7.11 Å². The summed E-state index contributed by atoms with van der Waals surface area (Å²) in [4.78, 5) is 2.32. The van der Waals surface area contributed by atoms with Crippen molar-refractivity contribution in [1.82, 2.24) is 4.90 Å². The molecule has 1 aromatic carbocycles. The third-order valence-corrected chi connectivity index (χ3v) is 2.91. The molecule has 0 radical (unpaired) electrons. The van der Waals surface area contributed by atoms with Crippen LogP contribution in [0.15, 0.2) is 18.2 Å². The molecule has 0 saturated carbocycles. The van der Waals surface area contributed by atoms with Crippen molar-refractivity contribution < 1.29 is 9.47 Å². The second-order valence-electron chi connectivity index (χ2n) is 4.14. The van der Waals surface area contributed by atoms with Crippen LogP contribution in [0.3, 0.4) is 0 Å². The molecule has 0 atom stereocenters. The van der Waals surface area contributed by atoms with Crippen molar-refractivity contribution in [3.8, 4) is 5.75 Å². The predicted octanol–water partition coefficient (Wildman–Crippen LogP) is 2.14. The summed E-state index contributed by atoms with van der Waals surface area (Å²) in [7, 11) is 1.68. The molecule has 4 heteroatoms. The Balaban J connectivity index is 2.63. The van der Waals surface area contributed by atoms with Crippen molar-refractivity contribution in [2.75, 3.05) is 39.1 Å². The standard InChI is InChI=1S/C14H24N2O2/c1-4-16(8-9-18-5-2)11-12-6-7-13(15)10-14(12)17-3/h6-7,10H,4-5,8-9,11,15H2,1-3H3. The fraction of sp³-hybridized carbons (Fsp3) is 0.571. The third kappa shape index (κ3) is 4.55. The highest BCUT2D eigenvalue weighted by molar-refractivity contribution is 5.48. The van der Waals surface area contributed by atoms with E-state index >= 15 is 0 Å². The maximum Gasteiger partial charge on any atom is 0.125 e. The average Bonchev–Trinajstić information content (AvgIpc) is 2.39. The molecule has 0 bridgehead atoms. The number of benzene rings is 1. The summed E-state index contributed by atoms with van der Waals surface area (Å²) < 4.78 is 10.7. The lowest BCUT2D eigenvalue weighted by Crippen LogP contribution is -2.27. The van der Waals surface area contributed by atoms with E-state index in [1.807, 2.05) is 25.1 Å². The van der Waals surface area contributed by atoms with Gasteiger partial charge < -0.3 is 15.2 Å². The zero-order valence-electron chi connectivity index (χ0n) is 11.6. The first-order valence-corrected chi connectivity index (χ1v) is 6.43. The zero-order valence-corrected chi connectivity index (χ0v) is 11.6. The first kappa shape index (κ1) is 14.8. The van der Waals surface area contributed by atoms with Gasteiger partial charge >= 0.3 is 0 Å². The molecule has 0 aliphatic rings. The first-order valence-electron chi connectivity index (χ1n) is 6.43. The number of likely N-dealkylation sites (N-methyl/N-ethyl adjacent to an activating group) is 1. The van der Waals surface area contributed by atoms with Gasteiger partial charge in [-0.05, 0) is 19.5 Å². The lowest BCUT2D eigenvalue weighted by Gasteiger charge is -2.21. The molecule has 0 amide bonds. The molecule has 2 N–H and O–H groups in total. The number of hydrogen-bond acceptors (Lipinski definition) is 4. The van der Waals surface area contributed by atoms with Crippen LogP contribution in [0.1, 0.15) is 19.4 Å². The smallest absolute Gasteiger partial charge is 0.125 e. The van der Waals surface area contributed by atoms with Gasteiger partial charge in [0.05, 0.1) is 13.7 Å². The Bertz CT molecular complexity index is 356. The maximum absolute atomic E-state index is 5.75. The van der Waals surface area contributed by atoms with Gasteiger partial charge in [0.1, 0.15) is 5.75 Å². The summed E-state index contributed by atoms with van der Waals surface area (Å²) in [6.45, 7) is 8.46. The topological polar surface area (TPSA) is 47.7 Å². The van der Waals surface area contributed by atoms with Gasteiger partial charge in [0.15, 0.2) is 0 Å². The van der Waals surface area contributed by atoms with Crippen LogP contribution < -0.4 is 10.5 Å². The highest BCUT2D eigenvalue weighted by Gasteiger charge is 2.08. The second kappa shape index (κ2) is 7.95. The van der Waals surface area contributed by atoms with Gasteiger partial charge in [-0.3, -0.25) is 4.90 Å². The van der Waals surface area contributed by atoms with Crippen molar-refractivity contribution in [3.05, 3.63) is 23.8 Å². The van der Waals surface area contributed by atoms with Gasteiger partial charge in [0.25, 0.3) is 0 Å². The molecular weight excluding hydrogens is 228 g/mol. The molecule has 0 unspecified atom stereocenters. The van der Waals surface area contributed by atoms with E-state index in [9.17, 15) is 0 Å². The molecule has 0 fully saturated rings. The Morgan fingerprint density at radius 1 is 1.28 bits per heavy atom. The minimum absolute atomic E-state index is 0.730. The Labute approximate surface area is 110 Å². The van der Waals surface area contributed by atoms with Crippen molar-refractivity contribution >= 4 is 5.69 Å². The van der Waals surface area contributed by atoms with E-state index < -0.39 is 0 Å². The molecule has 4 nitrogen and oxygen atoms in total. The second-order valence-corrected chi connectivity index (χ2v) is 4.14. The van der Waals surface area contributed by atoms with Crippen LogP contribution in [0.2, 0.25) is 0 Å². The molecule has 18 heavy (non-hydrogen) atoms. The van der Waals surface area contributed by atoms with Crippen LogP contribution in [-0.2, 0) is 11.3 Å². The lowest BCUT2D eigenvalue weighted by atomic mass is 10.1. The summed E-state index contributed by atoms with van der Waals surface area (Å²) in [5.74, 6) is 0.852. The highest BCUT2D eigenvalue weighted by Crippen LogP contribution is 2.22. The summed E-state index contributed by atoms with van der Waals surface area (Å²) in [5, 5.41) is 0. The summed E-state index contributed by atoms with van der Waals surface area (Å²) >= 11 is 0. The quantitative estimate of drug-likeness (QED) is 0.569. The van der Waals surface area contributed by atoms with Gasteiger partial charge in [-0.25, -0.2) is 0 Å². The van der Waals surface area contributed by atoms with Crippen molar-refractivity contribution in [3.63, 3.8) is 0 Å². The number of nitrogens with two attached hydrogens (primary N) is 1. The molecule has 0 aliphatic carbocycles. The molecule has 0 spiro atoms. The van der Waals surface area contributed by atoms with Crippen molar-refractivity contribution in [2.45, 2.75) is 20.4 Å². The predicted molar refractivity (Wildman–Crippen MR) is 74.9 cm³/mol. The average molecular weight is 252 g/mol. The fourth-order valence-corrected chi connectivity index (χ4v) is 1.82. The zero-order chi connectivity index (χ0) is 13.4.